The predicted molar refractivity (Wildman–Crippen MR) is 116 cm³/mol. The van der Waals surface area contributed by atoms with Gasteiger partial charge >= 0.3 is 0 Å². The third-order valence-electron chi connectivity index (χ3n) is 5.16. The number of nitrogens with two attached hydrogens (primary N) is 2. The molecule has 2 heterocycles. The van der Waals surface area contributed by atoms with Gasteiger partial charge in [-0.25, -0.2) is 18.5 Å². The Labute approximate surface area is 175 Å². The van der Waals surface area contributed by atoms with Crippen molar-refractivity contribution >= 4 is 21.7 Å². The summed E-state index contributed by atoms with van der Waals surface area (Å²) in [6, 6.07) is 11.2. The lowest BCUT2D eigenvalue weighted by molar-refractivity contribution is 0.597. The molecule has 30 heavy (non-hydrogen) atoms. The van der Waals surface area contributed by atoms with E-state index in [2.05, 4.69) is 25.5 Å². The third-order valence-corrected chi connectivity index (χ3v) is 6.25. The third kappa shape index (κ3) is 4.02. The van der Waals surface area contributed by atoms with E-state index >= 15 is 0 Å². The maximum atomic E-state index is 12.3. The predicted octanol–water partition coefficient (Wildman–Crippen LogP) is 1.55. The zero-order valence-electron chi connectivity index (χ0n) is 16.5. The van der Waals surface area contributed by atoms with Crippen molar-refractivity contribution in [3.63, 3.8) is 0 Å². The van der Waals surface area contributed by atoms with Crippen molar-refractivity contribution in [1.29, 1.82) is 0 Å². The molecule has 5 N–H and O–H groups in total. The quantitative estimate of drug-likeness (QED) is 0.492. The van der Waals surface area contributed by atoms with Crippen LogP contribution in [0.4, 0.5) is 0 Å². The molecule has 2 aromatic rings. The number of nitrogens with zero attached hydrogens (tertiary/aromatic N) is 4. The molecule has 2 aliphatic heterocycles. The van der Waals surface area contributed by atoms with E-state index < -0.39 is 10.0 Å². The average molecular weight is 426 g/mol. The number of benzene rings is 2. The first-order chi connectivity index (χ1) is 14.3. The second-order valence-electron chi connectivity index (χ2n) is 7.28. The van der Waals surface area contributed by atoms with Gasteiger partial charge in [0.2, 0.25) is 10.0 Å². The normalized spacial score (nSPS) is 19.3. The van der Waals surface area contributed by atoms with E-state index in [9.17, 15) is 8.42 Å². The first kappa shape index (κ1) is 20.3. The van der Waals surface area contributed by atoms with E-state index in [0.717, 1.165) is 30.6 Å². The van der Waals surface area contributed by atoms with Crippen molar-refractivity contribution in [2.45, 2.75) is 24.3 Å². The minimum Gasteiger partial charge on any atom is -0.383 e. The largest absolute Gasteiger partial charge is 0.383 e. The molecule has 1 fully saturated rings. The van der Waals surface area contributed by atoms with E-state index in [1.54, 1.807) is 13.0 Å². The smallest absolute Gasteiger partial charge is 0.239 e. The molecule has 0 saturated carbocycles. The summed E-state index contributed by atoms with van der Waals surface area (Å²) >= 11 is 0. The van der Waals surface area contributed by atoms with E-state index in [1.165, 1.54) is 0 Å². The van der Waals surface area contributed by atoms with Crippen LogP contribution in [0.5, 0.6) is 0 Å². The minimum atomic E-state index is -3.99. The molecule has 2 aromatic carbocycles. The number of azo groups is 1. The number of amidine groups is 2. The van der Waals surface area contributed by atoms with Gasteiger partial charge < -0.3 is 11.1 Å². The number of rotatable bonds is 5. The molecule has 1 unspecified atom stereocenters. The Bertz CT molecular complexity index is 1160. The van der Waals surface area contributed by atoms with Crippen LogP contribution in [0.1, 0.15) is 23.1 Å². The molecule has 0 aliphatic carbocycles. The van der Waals surface area contributed by atoms with E-state index in [4.69, 9.17) is 10.9 Å². The Kier molecular flexibility index (Phi) is 5.46. The van der Waals surface area contributed by atoms with Crippen LogP contribution in [0.25, 0.3) is 11.1 Å². The lowest BCUT2D eigenvalue weighted by atomic mass is 9.96. The monoisotopic (exact) mass is 425 g/mol. The molecule has 9 nitrogen and oxygen atoms in total. The van der Waals surface area contributed by atoms with Crippen LogP contribution in [0.15, 0.2) is 61.5 Å². The molecular formula is C20H23N7O2S. The van der Waals surface area contributed by atoms with Crippen LogP contribution in [0.2, 0.25) is 0 Å². The van der Waals surface area contributed by atoms with Crippen molar-refractivity contribution in [1.82, 2.24) is 5.32 Å². The minimum absolute atomic E-state index is 0.0125. The van der Waals surface area contributed by atoms with Crippen LogP contribution >= 0.6 is 0 Å². The van der Waals surface area contributed by atoms with Gasteiger partial charge in [-0.2, -0.15) is 5.11 Å². The average Bonchev–Trinajstić information content (AvgIpc) is 3.41. The van der Waals surface area contributed by atoms with Crippen LogP contribution in [0, 0.1) is 6.92 Å². The van der Waals surface area contributed by atoms with Crippen LogP contribution < -0.4 is 16.2 Å². The SMILES string of the molecule is Cc1ccc(-c2ccc(C(N)=NC3CCNC3)cc2)c(C2=NCN=N2)c1S(N)(=O)=O. The number of aryl methyl sites for hydroxylation is 1. The highest BCUT2D eigenvalue weighted by Gasteiger charge is 2.26. The van der Waals surface area contributed by atoms with Gasteiger partial charge in [-0.05, 0) is 36.6 Å². The van der Waals surface area contributed by atoms with E-state index in [-0.39, 0.29) is 23.4 Å². The Morgan fingerprint density at radius 1 is 1.20 bits per heavy atom. The zero-order chi connectivity index (χ0) is 21.3. The summed E-state index contributed by atoms with van der Waals surface area (Å²) in [5.74, 6) is 0.746. The van der Waals surface area contributed by atoms with Gasteiger partial charge in [-0.15, -0.1) is 5.11 Å². The number of primary sulfonamides is 1. The Hall–Kier alpha value is -2.95. The molecule has 0 bridgehead atoms. The summed E-state index contributed by atoms with van der Waals surface area (Å²) in [5, 5.41) is 16.7. The van der Waals surface area contributed by atoms with Gasteiger partial charge in [0.25, 0.3) is 0 Å². The Morgan fingerprint density at radius 3 is 2.57 bits per heavy atom. The fourth-order valence-electron chi connectivity index (χ4n) is 3.72. The molecule has 0 spiro atoms. The van der Waals surface area contributed by atoms with Gasteiger partial charge in [0.05, 0.1) is 10.9 Å². The van der Waals surface area contributed by atoms with Crippen molar-refractivity contribution in [2.24, 2.45) is 31.1 Å². The van der Waals surface area contributed by atoms with E-state index in [1.807, 2.05) is 30.3 Å². The van der Waals surface area contributed by atoms with Gasteiger partial charge in [0.1, 0.15) is 5.84 Å². The zero-order valence-corrected chi connectivity index (χ0v) is 17.4. The van der Waals surface area contributed by atoms with Gasteiger partial charge in [0.15, 0.2) is 12.5 Å². The van der Waals surface area contributed by atoms with Crippen molar-refractivity contribution < 1.29 is 8.42 Å². The summed E-state index contributed by atoms with van der Waals surface area (Å²) in [6.07, 6.45) is 0.971. The standard InChI is InChI=1S/C20H23N7O2S/c1-12-2-7-16(17(18(12)30(22,28)29)20-24-11-25-27-20)13-3-5-14(6-4-13)19(21)26-15-8-9-23-10-15/h2-7,15,23H,8-11H2,1H3,(H2,21,26)(H2,22,28,29). The molecular weight excluding hydrogens is 402 g/mol. The second kappa shape index (κ2) is 8.05. The fourth-order valence-corrected chi connectivity index (χ4v) is 4.72. The molecule has 0 radical (unpaired) electrons. The highest BCUT2D eigenvalue weighted by Crippen LogP contribution is 2.33. The summed E-state index contributed by atoms with van der Waals surface area (Å²) in [4.78, 5) is 8.82. The molecule has 10 heteroatoms. The lowest BCUT2D eigenvalue weighted by Gasteiger charge is -2.15. The Morgan fingerprint density at radius 2 is 1.97 bits per heavy atom. The molecule has 4 rings (SSSR count). The van der Waals surface area contributed by atoms with Crippen LogP contribution in [-0.2, 0) is 10.0 Å². The number of hydrogen-bond acceptors (Lipinski definition) is 7. The van der Waals surface area contributed by atoms with Gasteiger partial charge in [-0.1, -0.05) is 36.4 Å². The topological polar surface area (TPSA) is 148 Å². The fraction of sp³-hybridized carbons (Fsp3) is 0.300. The van der Waals surface area contributed by atoms with Crippen molar-refractivity contribution in [2.75, 3.05) is 19.8 Å². The van der Waals surface area contributed by atoms with Crippen molar-refractivity contribution in [3.05, 3.63) is 53.1 Å². The summed E-state index contributed by atoms with van der Waals surface area (Å²) in [5.41, 5.74) is 9.33. The van der Waals surface area contributed by atoms with Crippen LogP contribution in [-0.4, -0.2) is 45.9 Å². The summed E-state index contributed by atoms with van der Waals surface area (Å²) < 4.78 is 24.7. The Balaban J connectivity index is 1.78. The number of nitrogens with one attached hydrogen (secondary N) is 1. The first-order valence-corrected chi connectivity index (χ1v) is 11.1. The summed E-state index contributed by atoms with van der Waals surface area (Å²) in [7, 11) is -3.99. The second-order valence-corrected chi connectivity index (χ2v) is 8.78. The molecule has 1 saturated heterocycles. The first-order valence-electron chi connectivity index (χ1n) is 9.58. The highest BCUT2D eigenvalue weighted by molar-refractivity contribution is 7.89. The molecule has 0 amide bonds. The molecule has 0 aromatic heterocycles. The highest BCUT2D eigenvalue weighted by atomic mass is 32.2. The lowest BCUT2D eigenvalue weighted by Crippen LogP contribution is -2.19. The maximum absolute atomic E-state index is 12.3. The number of sulfonamides is 1. The molecule has 1 atom stereocenters. The van der Waals surface area contributed by atoms with E-state index in [0.29, 0.717) is 22.5 Å². The van der Waals surface area contributed by atoms with Gasteiger partial charge in [0, 0.05) is 17.7 Å². The van der Waals surface area contributed by atoms with Crippen LogP contribution in [0.3, 0.4) is 0 Å². The number of aliphatic imine (C=N–C) groups is 2. The maximum Gasteiger partial charge on any atom is 0.239 e. The number of hydrogen-bond donors (Lipinski definition) is 3. The molecule has 2 aliphatic rings. The molecule has 156 valence electrons. The van der Waals surface area contributed by atoms with Gasteiger partial charge in [-0.3, -0.25) is 4.99 Å². The summed E-state index contributed by atoms with van der Waals surface area (Å²) in [6.45, 7) is 3.63. The van der Waals surface area contributed by atoms with Crippen molar-refractivity contribution in [3.8, 4) is 11.1 Å².